The van der Waals surface area contributed by atoms with Gasteiger partial charge < -0.3 is 15.0 Å². The smallest absolute Gasteiger partial charge is 0.377 e. The molecule has 1 aromatic carbocycles. The average Bonchev–Trinajstić information content (AvgIpc) is 2.94. The molecule has 0 spiro atoms. The van der Waals surface area contributed by atoms with E-state index < -0.39 is 11.7 Å². The molecule has 2 aliphatic heterocycles. The minimum atomic E-state index is -4.37. The summed E-state index contributed by atoms with van der Waals surface area (Å²) in [5.41, 5.74) is 0.913. The highest BCUT2D eigenvalue weighted by Crippen LogP contribution is 2.31. The number of amides is 1. The summed E-state index contributed by atoms with van der Waals surface area (Å²) in [5.74, 6) is -0.105. The molecule has 24 heavy (non-hydrogen) atoms. The van der Waals surface area contributed by atoms with E-state index in [0.29, 0.717) is 31.8 Å². The molecule has 4 nitrogen and oxygen atoms in total. The molecule has 0 radical (unpaired) electrons. The molecule has 0 saturated carbocycles. The van der Waals surface area contributed by atoms with E-state index in [1.807, 2.05) is 0 Å². The Bertz CT molecular complexity index is 626. The van der Waals surface area contributed by atoms with Crippen molar-refractivity contribution >= 4 is 11.6 Å². The maximum absolute atomic E-state index is 12.6. The average molecular weight is 340 g/mol. The summed E-state index contributed by atoms with van der Waals surface area (Å²) < 4.78 is 43.2. The minimum absolute atomic E-state index is 0.105. The van der Waals surface area contributed by atoms with Crippen LogP contribution >= 0.6 is 0 Å². The van der Waals surface area contributed by atoms with Crippen molar-refractivity contribution in [2.45, 2.75) is 25.1 Å². The van der Waals surface area contributed by atoms with Gasteiger partial charge in [-0.1, -0.05) is 6.08 Å². The molecule has 0 aromatic heterocycles. The van der Waals surface area contributed by atoms with Crippen LogP contribution in [0.15, 0.2) is 35.9 Å². The molecule has 2 heterocycles. The Hall–Kier alpha value is -1.86. The first kappa shape index (κ1) is 17.0. The molecule has 1 atom stereocenters. The number of rotatable bonds is 4. The molecule has 130 valence electrons. The summed E-state index contributed by atoms with van der Waals surface area (Å²) >= 11 is 0. The van der Waals surface area contributed by atoms with Crippen LogP contribution in [0.5, 0.6) is 0 Å². The maximum atomic E-state index is 12.6. The molecule has 0 unspecified atom stereocenters. The molecule has 7 heteroatoms. The van der Waals surface area contributed by atoms with Crippen molar-refractivity contribution in [3.05, 3.63) is 41.5 Å². The van der Waals surface area contributed by atoms with E-state index in [-0.39, 0.29) is 11.9 Å². The molecular formula is C17H19F3N2O2. The predicted octanol–water partition coefficient (Wildman–Crippen LogP) is 2.75. The number of benzene rings is 1. The van der Waals surface area contributed by atoms with Crippen molar-refractivity contribution in [2.24, 2.45) is 0 Å². The molecule has 0 aliphatic carbocycles. The lowest BCUT2D eigenvalue weighted by molar-refractivity contribution is -0.137. The van der Waals surface area contributed by atoms with Gasteiger partial charge in [-0.05, 0) is 42.7 Å². The lowest BCUT2D eigenvalue weighted by Gasteiger charge is -2.19. The Kier molecular flexibility index (Phi) is 4.91. The Morgan fingerprint density at radius 3 is 2.62 bits per heavy atom. The zero-order valence-electron chi connectivity index (χ0n) is 13.1. The van der Waals surface area contributed by atoms with Gasteiger partial charge in [0, 0.05) is 18.8 Å². The third-order valence-corrected chi connectivity index (χ3v) is 4.27. The Balaban J connectivity index is 1.60. The van der Waals surface area contributed by atoms with Gasteiger partial charge in [-0.25, -0.2) is 0 Å². The molecule has 1 amide bonds. The second-order valence-electron chi connectivity index (χ2n) is 5.96. The number of carbonyl (C=O) groups is 1. The van der Waals surface area contributed by atoms with Crippen molar-refractivity contribution in [3.8, 4) is 0 Å². The quantitative estimate of drug-likeness (QED) is 0.857. The summed E-state index contributed by atoms with van der Waals surface area (Å²) in [4.78, 5) is 14.0. The number of hydrogen-bond acceptors (Lipinski definition) is 3. The van der Waals surface area contributed by atoms with Gasteiger partial charge in [0.2, 0.25) is 5.91 Å². The lowest BCUT2D eigenvalue weighted by Crippen LogP contribution is -2.39. The van der Waals surface area contributed by atoms with Crippen LogP contribution in [0.2, 0.25) is 0 Å². The summed E-state index contributed by atoms with van der Waals surface area (Å²) in [6, 6.07) is 4.40. The Morgan fingerprint density at radius 2 is 2.00 bits per heavy atom. The summed E-state index contributed by atoms with van der Waals surface area (Å²) in [5, 5.41) is 3.22. The monoisotopic (exact) mass is 340 g/mol. The number of hydrogen-bond donors (Lipinski definition) is 1. The molecule has 1 saturated heterocycles. The molecular weight excluding hydrogens is 321 g/mol. The van der Waals surface area contributed by atoms with Crippen LogP contribution in [0.3, 0.4) is 0 Å². The van der Waals surface area contributed by atoms with Crippen molar-refractivity contribution in [2.75, 3.05) is 31.2 Å². The van der Waals surface area contributed by atoms with E-state index in [4.69, 9.17) is 4.74 Å². The first-order valence-corrected chi connectivity index (χ1v) is 7.93. The van der Waals surface area contributed by atoms with E-state index in [9.17, 15) is 18.0 Å². The molecule has 0 bridgehead atoms. The van der Waals surface area contributed by atoms with Crippen LogP contribution in [0.25, 0.3) is 0 Å². The van der Waals surface area contributed by atoms with Crippen LogP contribution in [0, 0.1) is 0 Å². The van der Waals surface area contributed by atoms with Crippen LogP contribution < -0.4 is 10.2 Å². The van der Waals surface area contributed by atoms with Gasteiger partial charge in [0.05, 0.1) is 24.8 Å². The fourth-order valence-corrected chi connectivity index (χ4v) is 2.94. The van der Waals surface area contributed by atoms with Crippen molar-refractivity contribution < 1.29 is 22.7 Å². The number of alkyl halides is 3. The summed E-state index contributed by atoms with van der Waals surface area (Å²) in [7, 11) is 0. The second kappa shape index (κ2) is 6.94. The van der Waals surface area contributed by atoms with Crippen molar-refractivity contribution in [1.82, 2.24) is 5.32 Å². The summed E-state index contributed by atoms with van der Waals surface area (Å²) in [6.45, 7) is 2.40. The van der Waals surface area contributed by atoms with Gasteiger partial charge in [0.1, 0.15) is 0 Å². The third kappa shape index (κ3) is 3.79. The zero-order valence-corrected chi connectivity index (χ0v) is 13.1. The summed E-state index contributed by atoms with van der Waals surface area (Å²) in [6.07, 6.45) is -0.738. The molecule has 3 rings (SSSR count). The van der Waals surface area contributed by atoms with Gasteiger partial charge in [-0.15, -0.1) is 0 Å². The van der Waals surface area contributed by atoms with Gasteiger partial charge in [0.25, 0.3) is 0 Å². The topological polar surface area (TPSA) is 41.6 Å². The van der Waals surface area contributed by atoms with Gasteiger partial charge in [-0.2, -0.15) is 13.2 Å². The number of halogens is 3. The van der Waals surface area contributed by atoms with E-state index in [1.165, 1.54) is 17.0 Å². The number of carbonyl (C=O) groups excluding carboxylic acids is 1. The van der Waals surface area contributed by atoms with E-state index in [0.717, 1.165) is 30.7 Å². The lowest BCUT2D eigenvalue weighted by atomic mass is 10.1. The second-order valence-corrected chi connectivity index (χ2v) is 5.96. The maximum Gasteiger partial charge on any atom is 0.416 e. The standard InChI is InChI=1S/C17H19F3N2O2/c18-17(19,20)13-3-5-14(6-4-13)22-8-7-15(16(22)23)21-10-12-2-1-9-24-11-12/h2-6,15,21H,1,7-11H2/t15-/m0/s1. The van der Waals surface area contributed by atoms with E-state index >= 15 is 0 Å². The molecule has 1 N–H and O–H groups in total. The molecule has 1 fully saturated rings. The number of ether oxygens (including phenoxy) is 1. The fraction of sp³-hybridized carbons (Fsp3) is 0.471. The number of nitrogens with one attached hydrogen (secondary N) is 1. The highest BCUT2D eigenvalue weighted by atomic mass is 19.4. The first-order valence-electron chi connectivity index (χ1n) is 7.93. The molecule has 1 aromatic rings. The van der Waals surface area contributed by atoms with Crippen molar-refractivity contribution in [3.63, 3.8) is 0 Å². The normalized spacial score (nSPS) is 22.0. The van der Waals surface area contributed by atoms with Crippen LogP contribution in [-0.4, -0.2) is 38.3 Å². The van der Waals surface area contributed by atoms with E-state index in [1.54, 1.807) is 0 Å². The van der Waals surface area contributed by atoms with E-state index in [2.05, 4.69) is 11.4 Å². The minimum Gasteiger partial charge on any atom is -0.377 e. The van der Waals surface area contributed by atoms with Crippen LogP contribution in [0.1, 0.15) is 18.4 Å². The highest BCUT2D eigenvalue weighted by molar-refractivity contribution is 5.99. The fourth-order valence-electron chi connectivity index (χ4n) is 2.94. The van der Waals surface area contributed by atoms with Gasteiger partial charge >= 0.3 is 6.18 Å². The first-order chi connectivity index (χ1) is 11.4. The Morgan fingerprint density at radius 1 is 1.25 bits per heavy atom. The zero-order chi connectivity index (χ0) is 17.2. The van der Waals surface area contributed by atoms with Crippen molar-refractivity contribution in [1.29, 1.82) is 0 Å². The number of anilines is 1. The van der Waals surface area contributed by atoms with Crippen LogP contribution in [0.4, 0.5) is 18.9 Å². The highest BCUT2D eigenvalue weighted by Gasteiger charge is 2.34. The largest absolute Gasteiger partial charge is 0.416 e. The van der Waals surface area contributed by atoms with Gasteiger partial charge in [0.15, 0.2) is 0 Å². The third-order valence-electron chi connectivity index (χ3n) is 4.27. The Labute approximate surface area is 138 Å². The molecule has 2 aliphatic rings. The SMILES string of the molecule is O=C1[C@@H](NCC2=CCCOC2)CCN1c1ccc(C(F)(F)F)cc1. The predicted molar refractivity (Wildman–Crippen MR) is 83.7 cm³/mol. The number of nitrogens with zero attached hydrogens (tertiary/aromatic N) is 1. The van der Waals surface area contributed by atoms with Gasteiger partial charge in [-0.3, -0.25) is 4.79 Å². The van der Waals surface area contributed by atoms with Crippen LogP contribution in [-0.2, 0) is 15.7 Å².